The summed E-state index contributed by atoms with van der Waals surface area (Å²) in [6.45, 7) is 0. The number of phenolic OH excluding ortho intramolecular Hbond substituents is 1. The largest absolute Gasteiger partial charge is 0.504 e. The third kappa shape index (κ3) is 4.13. The maximum atomic E-state index is 10.7. The molecule has 1 aliphatic heterocycles. The van der Waals surface area contributed by atoms with E-state index in [1.807, 2.05) is 60.7 Å². The van der Waals surface area contributed by atoms with E-state index in [0.29, 0.717) is 17.2 Å². The number of hydrogen-bond donors (Lipinski definition) is 2. The van der Waals surface area contributed by atoms with Crippen molar-refractivity contribution in [3.05, 3.63) is 88.4 Å². The number of phenols is 1. The molecular formula is C24H23ClN2O3. The fraction of sp³-hybridized carbons (Fsp3) is 0.208. The van der Waals surface area contributed by atoms with Crippen LogP contribution in [-0.2, 0) is 0 Å². The van der Waals surface area contributed by atoms with Crippen LogP contribution in [0.25, 0.3) is 0 Å². The predicted octanol–water partition coefficient (Wildman–Crippen LogP) is 5.29. The Balaban J connectivity index is 1.75. The van der Waals surface area contributed by atoms with Crippen molar-refractivity contribution in [2.45, 2.75) is 18.6 Å². The highest BCUT2D eigenvalue weighted by atomic mass is 35.5. The average molecular weight is 423 g/mol. The van der Waals surface area contributed by atoms with Gasteiger partial charge in [-0.15, -0.1) is 0 Å². The summed E-state index contributed by atoms with van der Waals surface area (Å²) in [5, 5.41) is 14.9. The number of nitrogens with one attached hydrogen (secondary N) is 1. The van der Waals surface area contributed by atoms with Crippen LogP contribution < -0.4 is 14.8 Å². The molecule has 3 aromatic rings. The Hall–Kier alpha value is -3.02. The SMILES string of the molecule is COc1ccc(C2=N[C@@H](c3ccc(Cl)cc3)N[C@@H](c3cccc(OC)c3O)C2)cc1. The topological polar surface area (TPSA) is 63.1 Å². The van der Waals surface area contributed by atoms with Gasteiger partial charge in [-0.25, -0.2) is 0 Å². The molecule has 0 radical (unpaired) electrons. The molecule has 3 aromatic carbocycles. The molecule has 154 valence electrons. The van der Waals surface area contributed by atoms with Crippen LogP contribution in [0, 0.1) is 0 Å². The van der Waals surface area contributed by atoms with Crippen LogP contribution in [0.5, 0.6) is 17.2 Å². The van der Waals surface area contributed by atoms with E-state index in [-0.39, 0.29) is 18.0 Å². The van der Waals surface area contributed by atoms with Crippen molar-refractivity contribution in [2.24, 2.45) is 4.99 Å². The van der Waals surface area contributed by atoms with Crippen molar-refractivity contribution in [3.63, 3.8) is 0 Å². The first-order valence-electron chi connectivity index (χ1n) is 9.67. The summed E-state index contributed by atoms with van der Waals surface area (Å²) in [4.78, 5) is 4.96. The third-order valence-electron chi connectivity index (χ3n) is 5.28. The lowest BCUT2D eigenvalue weighted by molar-refractivity contribution is 0.360. The smallest absolute Gasteiger partial charge is 0.162 e. The molecule has 5 nitrogen and oxygen atoms in total. The molecule has 0 amide bonds. The van der Waals surface area contributed by atoms with Gasteiger partial charge in [0.25, 0.3) is 0 Å². The van der Waals surface area contributed by atoms with Gasteiger partial charge in [-0.3, -0.25) is 10.3 Å². The second kappa shape index (κ2) is 8.78. The van der Waals surface area contributed by atoms with Gasteiger partial charge in [0.1, 0.15) is 11.9 Å². The fourth-order valence-corrected chi connectivity index (χ4v) is 3.79. The molecule has 0 aliphatic carbocycles. The molecule has 0 spiro atoms. The zero-order chi connectivity index (χ0) is 21.1. The minimum Gasteiger partial charge on any atom is -0.504 e. The van der Waals surface area contributed by atoms with E-state index < -0.39 is 0 Å². The van der Waals surface area contributed by atoms with Gasteiger partial charge >= 0.3 is 0 Å². The van der Waals surface area contributed by atoms with Crippen LogP contribution in [0.4, 0.5) is 0 Å². The molecule has 2 N–H and O–H groups in total. The summed E-state index contributed by atoms with van der Waals surface area (Å²) in [6.07, 6.45) is 0.348. The number of nitrogens with zero attached hydrogens (tertiary/aromatic N) is 1. The highest BCUT2D eigenvalue weighted by Crippen LogP contribution is 2.38. The number of aliphatic imine (C=N–C) groups is 1. The van der Waals surface area contributed by atoms with Crippen molar-refractivity contribution in [1.29, 1.82) is 0 Å². The minimum absolute atomic E-state index is 0.142. The molecule has 1 heterocycles. The van der Waals surface area contributed by atoms with Crippen molar-refractivity contribution in [2.75, 3.05) is 14.2 Å². The Morgan fingerprint density at radius 3 is 2.37 bits per heavy atom. The number of methoxy groups -OCH3 is 2. The number of halogens is 1. The van der Waals surface area contributed by atoms with Crippen LogP contribution >= 0.6 is 11.6 Å². The van der Waals surface area contributed by atoms with Crippen LogP contribution in [0.1, 0.15) is 35.3 Å². The van der Waals surface area contributed by atoms with E-state index >= 15 is 0 Å². The lowest BCUT2D eigenvalue weighted by Gasteiger charge is -2.31. The summed E-state index contributed by atoms with van der Waals surface area (Å²) in [5.41, 5.74) is 3.74. The average Bonchev–Trinajstić information content (AvgIpc) is 2.79. The molecule has 0 saturated heterocycles. The van der Waals surface area contributed by atoms with Crippen molar-refractivity contribution < 1.29 is 14.6 Å². The van der Waals surface area contributed by atoms with E-state index in [2.05, 4.69) is 5.32 Å². The third-order valence-corrected chi connectivity index (χ3v) is 5.53. The van der Waals surface area contributed by atoms with Gasteiger partial charge in [-0.1, -0.05) is 35.9 Å². The van der Waals surface area contributed by atoms with Gasteiger partial charge in [-0.2, -0.15) is 0 Å². The maximum Gasteiger partial charge on any atom is 0.162 e. The summed E-state index contributed by atoms with van der Waals surface area (Å²) in [7, 11) is 3.20. The Bertz CT molecular complexity index is 1050. The Morgan fingerprint density at radius 2 is 1.70 bits per heavy atom. The van der Waals surface area contributed by atoms with Gasteiger partial charge in [0.15, 0.2) is 11.5 Å². The summed E-state index contributed by atoms with van der Waals surface area (Å²) in [5.74, 6) is 1.39. The van der Waals surface area contributed by atoms with Gasteiger partial charge in [0, 0.05) is 28.8 Å². The monoisotopic (exact) mass is 422 g/mol. The number of para-hydroxylation sites is 1. The van der Waals surface area contributed by atoms with Crippen LogP contribution in [0.15, 0.2) is 71.7 Å². The second-order valence-corrected chi connectivity index (χ2v) is 7.52. The minimum atomic E-state index is -0.274. The molecular weight excluding hydrogens is 400 g/mol. The number of aromatic hydroxyl groups is 1. The van der Waals surface area contributed by atoms with Crippen molar-refractivity contribution >= 4 is 17.3 Å². The molecule has 0 saturated carbocycles. The Labute approximate surface area is 180 Å². The molecule has 0 unspecified atom stereocenters. The fourth-order valence-electron chi connectivity index (χ4n) is 3.67. The lowest BCUT2D eigenvalue weighted by atomic mass is 9.93. The molecule has 0 fully saturated rings. The van der Waals surface area contributed by atoms with E-state index in [9.17, 15) is 5.11 Å². The zero-order valence-corrected chi connectivity index (χ0v) is 17.6. The molecule has 0 aromatic heterocycles. The molecule has 1 aliphatic rings. The van der Waals surface area contributed by atoms with Crippen LogP contribution in [-0.4, -0.2) is 25.0 Å². The first-order valence-corrected chi connectivity index (χ1v) is 10.1. The summed E-state index contributed by atoms with van der Waals surface area (Å²) >= 11 is 6.07. The Morgan fingerprint density at radius 1 is 0.967 bits per heavy atom. The first kappa shape index (κ1) is 20.3. The van der Waals surface area contributed by atoms with E-state index in [1.54, 1.807) is 20.3 Å². The number of hydrogen-bond acceptors (Lipinski definition) is 5. The molecule has 2 atom stereocenters. The zero-order valence-electron chi connectivity index (χ0n) is 16.8. The molecule has 30 heavy (non-hydrogen) atoms. The standard InChI is InChI=1S/C24H23ClN2O3/c1-29-18-12-8-15(9-13-18)20-14-21(19-4-3-5-22(30-2)23(19)28)27-24(26-20)16-6-10-17(25)11-7-16/h3-13,21,24,27-28H,14H2,1-2H3/t21-,24-/m1/s1. The summed E-state index contributed by atoms with van der Waals surface area (Å²) < 4.78 is 10.6. The first-order chi connectivity index (χ1) is 14.6. The van der Waals surface area contributed by atoms with Crippen LogP contribution in [0.2, 0.25) is 5.02 Å². The quantitative estimate of drug-likeness (QED) is 0.586. The van der Waals surface area contributed by atoms with Crippen molar-refractivity contribution in [1.82, 2.24) is 5.32 Å². The highest BCUT2D eigenvalue weighted by Gasteiger charge is 2.28. The van der Waals surface area contributed by atoms with E-state index in [1.165, 1.54) is 0 Å². The van der Waals surface area contributed by atoms with Gasteiger partial charge in [0.05, 0.1) is 14.2 Å². The maximum absolute atomic E-state index is 10.7. The predicted molar refractivity (Wildman–Crippen MR) is 119 cm³/mol. The van der Waals surface area contributed by atoms with E-state index in [0.717, 1.165) is 28.2 Å². The molecule has 0 bridgehead atoms. The number of rotatable bonds is 5. The highest BCUT2D eigenvalue weighted by molar-refractivity contribution is 6.30. The lowest BCUT2D eigenvalue weighted by Crippen LogP contribution is -2.33. The summed E-state index contributed by atoms with van der Waals surface area (Å²) in [6, 6.07) is 20.9. The van der Waals surface area contributed by atoms with Crippen molar-refractivity contribution in [3.8, 4) is 17.2 Å². The van der Waals surface area contributed by atoms with Gasteiger partial charge in [0.2, 0.25) is 0 Å². The molecule has 6 heteroatoms. The second-order valence-electron chi connectivity index (χ2n) is 7.08. The van der Waals surface area contributed by atoms with Gasteiger partial charge < -0.3 is 14.6 Å². The Kier molecular flexibility index (Phi) is 5.93. The van der Waals surface area contributed by atoms with E-state index in [4.69, 9.17) is 26.1 Å². The van der Waals surface area contributed by atoms with Gasteiger partial charge in [-0.05, 0) is 53.6 Å². The number of benzene rings is 3. The number of ether oxygens (including phenoxy) is 2. The van der Waals surface area contributed by atoms with Crippen LogP contribution in [0.3, 0.4) is 0 Å². The normalized spacial score (nSPS) is 18.6. The molecule has 4 rings (SSSR count).